The molecule has 0 aromatic heterocycles. The predicted octanol–water partition coefficient (Wildman–Crippen LogP) is 4.55. The fraction of sp³-hybridized carbons (Fsp3) is 0.444. The Morgan fingerprint density at radius 3 is 2.24 bits per heavy atom. The number of aliphatic carboxylic acids is 1. The molecule has 0 bridgehead atoms. The van der Waals surface area contributed by atoms with E-state index in [4.69, 9.17) is 4.74 Å². The largest absolute Gasteiger partial charge is 0.480 e. The third-order valence-corrected chi connectivity index (χ3v) is 6.91. The van der Waals surface area contributed by atoms with E-state index in [1.807, 2.05) is 36.4 Å². The lowest BCUT2D eigenvalue weighted by molar-refractivity contribution is -0.151. The highest BCUT2D eigenvalue weighted by molar-refractivity contribution is 5.89. The molecule has 1 aliphatic heterocycles. The van der Waals surface area contributed by atoms with Crippen molar-refractivity contribution in [3.8, 4) is 11.1 Å². The molecule has 7 nitrogen and oxygen atoms in total. The van der Waals surface area contributed by atoms with E-state index in [0.29, 0.717) is 19.4 Å². The van der Waals surface area contributed by atoms with Gasteiger partial charge in [-0.25, -0.2) is 9.59 Å². The number of amides is 2. The van der Waals surface area contributed by atoms with E-state index in [9.17, 15) is 19.5 Å². The molecule has 4 rings (SSSR count). The summed E-state index contributed by atoms with van der Waals surface area (Å²) in [6.07, 6.45) is 3.59. The van der Waals surface area contributed by atoms with Crippen molar-refractivity contribution in [3.05, 3.63) is 59.7 Å². The van der Waals surface area contributed by atoms with Crippen molar-refractivity contribution < 1.29 is 24.2 Å². The van der Waals surface area contributed by atoms with Crippen LogP contribution in [0.25, 0.3) is 11.1 Å². The van der Waals surface area contributed by atoms with Crippen LogP contribution in [0.15, 0.2) is 48.5 Å². The molecule has 2 aromatic rings. The van der Waals surface area contributed by atoms with Gasteiger partial charge in [-0.05, 0) is 41.5 Å². The third kappa shape index (κ3) is 4.93. The highest BCUT2D eigenvalue weighted by Crippen LogP contribution is 2.44. The molecule has 0 radical (unpaired) electrons. The van der Waals surface area contributed by atoms with Crippen LogP contribution in [0.2, 0.25) is 0 Å². The molecular weight excluding hydrogens is 432 g/mol. The molecule has 2 aromatic carbocycles. The van der Waals surface area contributed by atoms with Gasteiger partial charge in [-0.1, -0.05) is 74.7 Å². The predicted molar refractivity (Wildman–Crippen MR) is 129 cm³/mol. The number of nitrogens with zero attached hydrogens (tertiary/aromatic N) is 1. The van der Waals surface area contributed by atoms with E-state index in [2.05, 4.69) is 17.4 Å². The Hall–Kier alpha value is -3.35. The smallest absolute Gasteiger partial charge is 0.407 e. The molecular formula is C27H32N2O5. The molecule has 0 spiro atoms. The van der Waals surface area contributed by atoms with Gasteiger partial charge in [0.05, 0.1) is 0 Å². The summed E-state index contributed by atoms with van der Waals surface area (Å²) in [5, 5.41) is 12.4. The summed E-state index contributed by atoms with van der Waals surface area (Å²) < 4.78 is 5.59. The van der Waals surface area contributed by atoms with E-state index in [1.165, 1.54) is 4.90 Å². The van der Waals surface area contributed by atoms with Crippen molar-refractivity contribution in [1.82, 2.24) is 10.2 Å². The minimum Gasteiger partial charge on any atom is -0.480 e. The van der Waals surface area contributed by atoms with Gasteiger partial charge >= 0.3 is 12.1 Å². The van der Waals surface area contributed by atoms with Crippen molar-refractivity contribution in [2.75, 3.05) is 13.2 Å². The Bertz CT molecular complexity index is 1010. The number of benzene rings is 2. The zero-order chi connectivity index (χ0) is 24.1. The Morgan fingerprint density at radius 2 is 1.62 bits per heavy atom. The minimum atomic E-state index is -0.994. The van der Waals surface area contributed by atoms with Gasteiger partial charge < -0.3 is 20.1 Å². The number of alkyl carbamates (subject to hydrolysis) is 1. The Balaban J connectivity index is 1.42. The normalized spacial score (nSPS) is 18.7. The second kappa shape index (κ2) is 10.7. The highest BCUT2D eigenvalue weighted by atomic mass is 16.5. The molecule has 1 fully saturated rings. The van der Waals surface area contributed by atoms with E-state index >= 15 is 0 Å². The maximum Gasteiger partial charge on any atom is 0.407 e. The van der Waals surface area contributed by atoms with Gasteiger partial charge in [-0.3, -0.25) is 4.79 Å². The standard InChI is InChI=1S/C27H32N2O5/c1-2-23(25(30)29-16-10-4-3-5-15-24(29)26(31)32)28-27(33)34-17-22-20-13-8-6-11-18(20)19-12-7-9-14-21(19)22/h6-9,11-14,22-24H,2-5,10,15-17H2,1H3,(H,28,33)(H,31,32)/t23-,24?/m1/s1. The number of hydrogen-bond donors (Lipinski definition) is 2. The number of carboxylic acids is 1. The Kier molecular flexibility index (Phi) is 7.50. The molecule has 2 atom stereocenters. The quantitative estimate of drug-likeness (QED) is 0.654. The first kappa shape index (κ1) is 23.8. The number of carbonyl (C=O) groups excluding carboxylic acids is 2. The fourth-order valence-corrected chi connectivity index (χ4v) is 5.13. The molecule has 2 aliphatic rings. The zero-order valence-corrected chi connectivity index (χ0v) is 19.5. The van der Waals surface area contributed by atoms with Crippen molar-refractivity contribution in [3.63, 3.8) is 0 Å². The SMILES string of the molecule is CC[C@@H](NC(=O)OCC1c2ccccc2-c2ccccc21)C(=O)N1CCCCCCC1C(=O)O. The van der Waals surface area contributed by atoms with Crippen molar-refractivity contribution in [2.24, 2.45) is 0 Å². The van der Waals surface area contributed by atoms with Gasteiger partial charge in [0.1, 0.15) is 18.7 Å². The average Bonchev–Trinajstić information content (AvgIpc) is 3.14. The van der Waals surface area contributed by atoms with E-state index in [-0.39, 0.29) is 18.4 Å². The number of nitrogens with one attached hydrogen (secondary N) is 1. The number of ether oxygens (including phenoxy) is 1. The first-order chi connectivity index (χ1) is 16.5. The molecule has 1 saturated heterocycles. The highest BCUT2D eigenvalue weighted by Gasteiger charge is 2.35. The zero-order valence-electron chi connectivity index (χ0n) is 19.5. The summed E-state index contributed by atoms with van der Waals surface area (Å²) in [4.78, 5) is 39.2. The lowest BCUT2D eigenvalue weighted by Crippen LogP contribution is -2.54. The lowest BCUT2D eigenvalue weighted by atomic mass is 9.98. The third-order valence-electron chi connectivity index (χ3n) is 6.91. The maximum absolute atomic E-state index is 13.2. The molecule has 180 valence electrons. The Labute approximate surface area is 200 Å². The van der Waals surface area contributed by atoms with Crippen LogP contribution in [0, 0.1) is 0 Å². The van der Waals surface area contributed by atoms with Gasteiger partial charge in [-0.15, -0.1) is 0 Å². The Morgan fingerprint density at radius 1 is 1.00 bits per heavy atom. The summed E-state index contributed by atoms with van der Waals surface area (Å²) in [5.74, 6) is -1.42. The maximum atomic E-state index is 13.2. The van der Waals surface area contributed by atoms with Crippen LogP contribution in [0.1, 0.15) is 62.5 Å². The van der Waals surface area contributed by atoms with Gasteiger partial charge in [0.2, 0.25) is 5.91 Å². The second-order valence-corrected chi connectivity index (χ2v) is 9.02. The number of carboxylic acid groups (broad SMARTS) is 1. The molecule has 7 heteroatoms. The number of carbonyl (C=O) groups is 3. The lowest BCUT2D eigenvalue weighted by Gasteiger charge is -2.33. The van der Waals surface area contributed by atoms with Crippen LogP contribution < -0.4 is 5.32 Å². The second-order valence-electron chi connectivity index (χ2n) is 9.02. The molecule has 2 N–H and O–H groups in total. The number of rotatable bonds is 6. The fourth-order valence-electron chi connectivity index (χ4n) is 5.13. The summed E-state index contributed by atoms with van der Waals surface area (Å²) in [6.45, 7) is 2.34. The summed E-state index contributed by atoms with van der Waals surface area (Å²) in [5.41, 5.74) is 4.52. The van der Waals surface area contributed by atoms with Gasteiger partial charge in [-0.2, -0.15) is 0 Å². The minimum absolute atomic E-state index is 0.0697. The number of likely N-dealkylation sites (tertiary alicyclic amines) is 1. The van der Waals surface area contributed by atoms with E-state index in [1.54, 1.807) is 6.92 Å². The molecule has 1 unspecified atom stereocenters. The van der Waals surface area contributed by atoms with Crippen LogP contribution in [-0.4, -0.2) is 53.2 Å². The van der Waals surface area contributed by atoms with Crippen molar-refractivity contribution >= 4 is 18.0 Å². The van der Waals surface area contributed by atoms with E-state index < -0.39 is 24.1 Å². The van der Waals surface area contributed by atoms with Crippen LogP contribution in [0.3, 0.4) is 0 Å². The van der Waals surface area contributed by atoms with Gasteiger partial charge in [0.25, 0.3) is 0 Å². The molecule has 2 amide bonds. The van der Waals surface area contributed by atoms with Crippen molar-refractivity contribution in [1.29, 1.82) is 0 Å². The summed E-state index contributed by atoms with van der Waals surface area (Å²) in [7, 11) is 0. The van der Waals surface area contributed by atoms with E-state index in [0.717, 1.165) is 47.9 Å². The van der Waals surface area contributed by atoms with Crippen LogP contribution in [-0.2, 0) is 14.3 Å². The summed E-state index contributed by atoms with van der Waals surface area (Å²) >= 11 is 0. The summed E-state index contributed by atoms with van der Waals surface area (Å²) in [6, 6.07) is 14.5. The topological polar surface area (TPSA) is 95.9 Å². The van der Waals surface area contributed by atoms with Gasteiger partial charge in [0.15, 0.2) is 0 Å². The van der Waals surface area contributed by atoms with Gasteiger partial charge in [0, 0.05) is 12.5 Å². The monoisotopic (exact) mass is 464 g/mol. The molecule has 34 heavy (non-hydrogen) atoms. The molecule has 0 saturated carbocycles. The van der Waals surface area contributed by atoms with Crippen LogP contribution >= 0.6 is 0 Å². The number of fused-ring (bicyclic) bond motifs is 3. The first-order valence-corrected chi connectivity index (χ1v) is 12.2. The average molecular weight is 465 g/mol. The molecule has 1 heterocycles. The van der Waals surface area contributed by atoms with Crippen LogP contribution in [0.5, 0.6) is 0 Å². The van der Waals surface area contributed by atoms with Crippen LogP contribution in [0.4, 0.5) is 4.79 Å². The number of hydrogen-bond acceptors (Lipinski definition) is 4. The van der Waals surface area contributed by atoms with Crippen molar-refractivity contribution in [2.45, 2.75) is 63.5 Å². The molecule has 1 aliphatic carbocycles. The first-order valence-electron chi connectivity index (χ1n) is 12.2.